The summed E-state index contributed by atoms with van der Waals surface area (Å²) in [6.45, 7) is 4.88. The van der Waals surface area contributed by atoms with E-state index in [2.05, 4.69) is 22.2 Å². The molecule has 0 amide bonds. The molecule has 0 bridgehead atoms. The molecule has 1 aromatic heterocycles. The number of aryl methyl sites for hydroxylation is 1. The lowest BCUT2D eigenvalue weighted by atomic mass is 10.2. The van der Waals surface area contributed by atoms with Crippen LogP contribution < -0.4 is 20.5 Å². The number of aromatic nitrogens is 2. The first-order valence-corrected chi connectivity index (χ1v) is 9.00. The predicted molar refractivity (Wildman–Crippen MR) is 108 cm³/mol. The minimum atomic E-state index is 0.316. The summed E-state index contributed by atoms with van der Waals surface area (Å²) >= 11 is 0. The van der Waals surface area contributed by atoms with Crippen LogP contribution in [0.25, 0.3) is 0 Å². The van der Waals surface area contributed by atoms with Gasteiger partial charge < -0.3 is 20.5 Å². The van der Waals surface area contributed by atoms with Crippen molar-refractivity contribution in [1.29, 1.82) is 0 Å². The molecule has 3 rings (SSSR count). The third-order valence-corrected chi connectivity index (χ3v) is 3.97. The number of benzene rings is 2. The average molecular weight is 364 g/mol. The normalized spacial score (nSPS) is 10.4. The topological polar surface area (TPSA) is 82.3 Å². The zero-order chi connectivity index (χ0) is 19.1. The Labute approximate surface area is 159 Å². The summed E-state index contributed by atoms with van der Waals surface area (Å²) in [5.74, 6) is 2.32. The van der Waals surface area contributed by atoms with Crippen molar-refractivity contribution in [3.63, 3.8) is 0 Å². The van der Waals surface area contributed by atoms with Crippen molar-refractivity contribution >= 4 is 17.2 Å². The summed E-state index contributed by atoms with van der Waals surface area (Å²) in [6, 6.07) is 15.4. The second-order valence-electron chi connectivity index (χ2n) is 6.21. The molecule has 0 atom stereocenters. The minimum absolute atomic E-state index is 0.316. The Bertz CT molecular complexity index is 864. The van der Waals surface area contributed by atoms with Crippen LogP contribution in [0.2, 0.25) is 0 Å². The van der Waals surface area contributed by atoms with Crippen molar-refractivity contribution in [2.75, 3.05) is 17.7 Å². The molecule has 0 aliphatic rings. The smallest absolute Gasteiger partial charge is 0.248 e. The van der Waals surface area contributed by atoms with Crippen molar-refractivity contribution in [1.82, 2.24) is 9.97 Å². The van der Waals surface area contributed by atoms with Crippen LogP contribution in [0.1, 0.15) is 25.3 Å². The molecular weight excluding hydrogens is 340 g/mol. The lowest BCUT2D eigenvalue weighted by Gasteiger charge is -2.12. The molecule has 6 heteroatoms. The van der Waals surface area contributed by atoms with Crippen molar-refractivity contribution < 1.29 is 9.47 Å². The number of hydrogen-bond donors (Lipinski definition) is 2. The van der Waals surface area contributed by atoms with E-state index in [1.54, 1.807) is 0 Å². The number of hydrogen-bond acceptors (Lipinski definition) is 6. The van der Waals surface area contributed by atoms with E-state index in [4.69, 9.17) is 15.2 Å². The maximum absolute atomic E-state index is 6.18. The van der Waals surface area contributed by atoms with Gasteiger partial charge in [0.15, 0.2) is 5.82 Å². The third-order valence-electron chi connectivity index (χ3n) is 3.97. The van der Waals surface area contributed by atoms with Crippen LogP contribution in [0.15, 0.2) is 54.9 Å². The molecule has 6 nitrogen and oxygen atoms in total. The molecule has 0 fully saturated rings. The Hall–Kier alpha value is -3.28. The summed E-state index contributed by atoms with van der Waals surface area (Å²) < 4.78 is 11.5. The number of nitrogens with two attached hydrogens (primary N) is 1. The summed E-state index contributed by atoms with van der Waals surface area (Å²) in [7, 11) is 0. The largest absolute Gasteiger partial charge is 0.494 e. The Morgan fingerprint density at radius 2 is 1.67 bits per heavy atom. The second kappa shape index (κ2) is 8.89. The fourth-order valence-corrected chi connectivity index (χ4v) is 2.38. The van der Waals surface area contributed by atoms with Gasteiger partial charge in [0.05, 0.1) is 6.61 Å². The Balaban J connectivity index is 1.69. The van der Waals surface area contributed by atoms with Gasteiger partial charge >= 0.3 is 0 Å². The molecule has 0 saturated heterocycles. The molecule has 2 aromatic carbocycles. The Kier molecular flexibility index (Phi) is 6.10. The summed E-state index contributed by atoms with van der Waals surface area (Å²) in [4.78, 5) is 8.35. The number of nitrogen functional groups attached to an aromatic ring is 1. The maximum Gasteiger partial charge on any atom is 0.248 e. The minimum Gasteiger partial charge on any atom is -0.494 e. The van der Waals surface area contributed by atoms with Gasteiger partial charge in [0, 0.05) is 5.69 Å². The third kappa shape index (κ3) is 5.10. The molecule has 0 aliphatic carbocycles. The summed E-state index contributed by atoms with van der Waals surface area (Å²) in [6.07, 6.45) is 3.57. The summed E-state index contributed by atoms with van der Waals surface area (Å²) in [5.41, 5.74) is 8.54. The van der Waals surface area contributed by atoms with Gasteiger partial charge in [-0.15, -0.1) is 0 Å². The predicted octanol–water partition coefficient (Wildman–Crippen LogP) is 5.08. The number of nitrogens with one attached hydrogen (secondary N) is 1. The standard InChI is InChI=1S/C21H24N4O2/c1-3-4-13-26-17-11-7-16(8-12-17)25-20-19(22)21(24-14-23-20)27-18-9-5-15(2)6-10-18/h5-12,14H,3-4,13,22H2,1-2H3,(H,23,24,25). The molecule has 0 radical (unpaired) electrons. The van der Waals surface area contributed by atoms with E-state index in [0.29, 0.717) is 23.1 Å². The Morgan fingerprint density at radius 3 is 2.37 bits per heavy atom. The quantitative estimate of drug-likeness (QED) is 0.542. The summed E-state index contributed by atoms with van der Waals surface area (Å²) in [5, 5.41) is 3.19. The SMILES string of the molecule is CCCCOc1ccc(Nc2ncnc(Oc3ccc(C)cc3)c2N)cc1. The van der Waals surface area contributed by atoms with E-state index in [0.717, 1.165) is 36.4 Å². The molecule has 0 spiro atoms. The first kappa shape index (κ1) is 18.5. The first-order valence-electron chi connectivity index (χ1n) is 9.00. The van der Waals surface area contributed by atoms with Crippen LogP contribution in [0.5, 0.6) is 17.4 Å². The molecule has 140 valence electrons. The van der Waals surface area contributed by atoms with E-state index in [1.807, 2.05) is 55.5 Å². The number of rotatable bonds is 8. The van der Waals surface area contributed by atoms with E-state index in [1.165, 1.54) is 6.33 Å². The molecule has 0 saturated carbocycles. The van der Waals surface area contributed by atoms with E-state index in [-0.39, 0.29) is 0 Å². The number of anilines is 3. The highest BCUT2D eigenvalue weighted by Gasteiger charge is 2.11. The van der Waals surface area contributed by atoms with Gasteiger partial charge in [-0.05, 0) is 49.7 Å². The number of nitrogens with zero attached hydrogens (tertiary/aromatic N) is 2. The molecule has 3 aromatic rings. The highest BCUT2D eigenvalue weighted by molar-refractivity contribution is 5.72. The fourth-order valence-electron chi connectivity index (χ4n) is 2.38. The zero-order valence-corrected chi connectivity index (χ0v) is 15.6. The lowest BCUT2D eigenvalue weighted by Crippen LogP contribution is -2.03. The van der Waals surface area contributed by atoms with Gasteiger partial charge in [0.1, 0.15) is 23.5 Å². The highest BCUT2D eigenvalue weighted by Crippen LogP contribution is 2.31. The molecule has 3 N–H and O–H groups in total. The first-order chi connectivity index (χ1) is 13.2. The molecule has 1 heterocycles. The van der Waals surface area contributed by atoms with Crippen LogP contribution in [0, 0.1) is 6.92 Å². The second-order valence-corrected chi connectivity index (χ2v) is 6.21. The molecule has 27 heavy (non-hydrogen) atoms. The van der Waals surface area contributed by atoms with Crippen molar-refractivity contribution in [3.8, 4) is 17.4 Å². The van der Waals surface area contributed by atoms with Crippen LogP contribution in [-0.4, -0.2) is 16.6 Å². The van der Waals surface area contributed by atoms with Gasteiger partial charge in [-0.25, -0.2) is 4.98 Å². The maximum atomic E-state index is 6.18. The lowest BCUT2D eigenvalue weighted by molar-refractivity contribution is 0.309. The van der Waals surface area contributed by atoms with Crippen LogP contribution in [0.3, 0.4) is 0 Å². The Morgan fingerprint density at radius 1 is 0.963 bits per heavy atom. The molecular formula is C21H24N4O2. The average Bonchev–Trinajstić information content (AvgIpc) is 2.68. The van der Waals surface area contributed by atoms with Crippen molar-refractivity contribution in [2.45, 2.75) is 26.7 Å². The van der Waals surface area contributed by atoms with Crippen LogP contribution in [0.4, 0.5) is 17.2 Å². The zero-order valence-electron chi connectivity index (χ0n) is 15.6. The van der Waals surface area contributed by atoms with Crippen molar-refractivity contribution in [2.24, 2.45) is 0 Å². The van der Waals surface area contributed by atoms with E-state index < -0.39 is 0 Å². The molecule has 0 aliphatic heterocycles. The van der Waals surface area contributed by atoms with Crippen molar-refractivity contribution in [3.05, 3.63) is 60.4 Å². The monoisotopic (exact) mass is 364 g/mol. The van der Waals surface area contributed by atoms with Gasteiger partial charge in [-0.3, -0.25) is 0 Å². The van der Waals surface area contributed by atoms with Gasteiger partial charge in [-0.1, -0.05) is 31.0 Å². The number of unbranched alkanes of at least 4 members (excludes halogenated alkanes) is 1. The highest BCUT2D eigenvalue weighted by atomic mass is 16.5. The van der Waals surface area contributed by atoms with E-state index in [9.17, 15) is 0 Å². The van der Waals surface area contributed by atoms with Gasteiger partial charge in [0.25, 0.3) is 0 Å². The molecule has 0 unspecified atom stereocenters. The van der Waals surface area contributed by atoms with E-state index >= 15 is 0 Å². The van der Waals surface area contributed by atoms with Gasteiger partial charge in [-0.2, -0.15) is 4.98 Å². The number of ether oxygens (including phenoxy) is 2. The van der Waals surface area contributed by atoms with Crippen LogP contribution >= 0.6 is 0 Å². The van der Waals surface area contributed by atoms with Gasteiger partial charge in [0.2, 0.25) is 5.88 Å². The van der Waals surface area contributed by atoms with Crippen LogP contribution in [-0.2, 0) is 0 Å². The fraction of sp³-hybridized carbons (Fsp3) is 0.238.